The minimum absolute atomic E-state index is 0.205. The Bertz CT molecular complexity index is 414. The van der Waals surface area contributed by atoms with Crippen LogP contribution in [-0.2, 0) is 4.79 Å². The molecule has 0 bridgehead atoms. The molecular weight excluding hydrogens is 323 g/mol. The van der Waals surface area contributed by atoms with E-state index in [9.17, 15) is 18.0 Å². The Morgan fingerprint density at radius 1 is 1.38 bits per heavy atom. The molecule has 9 heteroatoms. The molecule has 24 heavy (non-hydrogen) atoms. The third kappa shape index (κ3) is 8.95. The molecule has 0 saturated carbocycles. The molecule has 0 unspecified atom stereocenters. The third-order valence-electron chi connectivity index (χ3n) is 3.61. The Balaban J connectivity index is 2.25. The minimum Gasteiger partial charge on any atom is -0.357 e. The summed E-state index contributed by atoms with van der Waals surface area (Å²) in [6.45, 7) is 4.42. The van der Waals surface area contributed by atoms with Gasteiger partial charge >= 0.3 is 6.18 Å². The zero-order valence-corrected chi connectivity index (χ0v) is 14.5. The predicted molar refractivity (Wildman–Crippen MR) is 88.0 cm³/mol. The topological polar surface area (TPSA) is 60.0 Å². The van der Waals surface area contributed by atoms with Crippen molar-refractivity contribution in [1.82, 2.24) is 20.4 Å². The molecule has 0 radical (unpaired) electrons. The highest BCUT2D eigenvalue weighted by Gasteiger charge is 2.28. The number of amides is 1. The van der Waals surface area contributed by atoms with Gasteiger partial charge in [-0.15, -0.1) is 0 Å². The fourth-order valence-corrected chi connectivity index (χ4v) is 2.48. The van der Waals surface area contributed by atoms with Crippen molar-refractivity contribution >= 4 is 11.9 Å². The Kier molecular flexibility index (Phi) is 8.88. The van der Waals surface area contributed by atoms with Crippen molar-refractivity contribution in [2.45, 2.75) is 32.4 Å². The molecule has 0 spiro atoms. The maximum absolute atomic E-state index is 12.2. The van der Waals surface area contributed by atoms with Crippen LogP contribution in [0.5, 0.6) is 0 Å². The molecule has 1 amide bonds. The number of likely N-dealkylation sites (N-methyl/N-ethyl adjacent to an activating group) is 1. The summed E-state index contributed by atoms with van der Waals surface area (Å²) in [5, 5.41) is 6.08. The first kappa shape index (κ1) is 20.5. The van der Waals surface area contributed by atoms with Crippen LogP contribution in [0.3, 0.4) is 0 Å². The molecule has 6 nitrogen and oxygen atoms in total. The first-order chi connectivity index (χ1) is 11.3. The smallest absolute Gasteiger partial charge is 0.357 e. The van der Waals surface area contributed by atoms with E-state index in [0.717, 1.165) is 19.4 Å². The maximum Gasteiger partial charge on any atom is 0.401 e. The first-order valence-corrected chi connectivity index (χ1v) is 8.37. The lowest BCUT2D eigenvalue weighted by Gasteiger charge is -2.19. The summed E-state index contributed by atoms with van der Waals surface area (Å²) in [6, 6.07) is 0. The summed E-state index contributed by atoms with van der Waals surface area (Å²) < 4.78 is 36.7. The monoisotopic (exact) mass is 351 g/mol. The summed E-state index contributed by atoms with van der Waals surface area (Å²) in [7, 11) is 1.44. The number of nitrogens with one attached hydrogen (secondary N) is 2. The summed E-state index contributed by atoms with van der Waals surface area (Å²) in [5.74, 6) is 0.794. The Morgan fingerprint density at radius 2 is 2.12 bits per heavy atom. The molecule has 1 aliphatic rings. The van der Waals surface area contributed by atoms with E-state index in [2.05, 4.69) is 15.6 Å². The number of hydrogen-bond acceptors (Lipinski definition) is 3. The van der Waals surface area contributed by atoms with Crippen molar-refractivity contribution in [3.63, 3.8) is 0 Å². The molecule has 0 aromatic carbocycles. The quantitative estimate of drug-likeness (QED) is 0.370. The number of likely N-dealkylation sites (tertiary alicyclic amines) is 1. The highest BCUT2D eigenvalue weighted by molar-refractivity contribution is 5.79. The number of carbonyl (C=O) groups is 1. The fraction of sp³-hybridized carbons (Fsp3) is 0.867. The summed E-state index contributed by atoms with van der Waals surface area (Å²) in [4.78, 5) is 18.9. The number of rotatable bonds is 9. The van der Waals surface area contributed by atoms with Gasteiger partial charge in [0.2, 0.25) is 5.91 Å². The second-order valence-corrected chi connectivity index (χ2v) is 5.88. The minimum atomic E-state index is -4.18. The van der Waals surface area contributed by atoms with Crippen molar-refractivity contribution < 1.29 is 18.0 Å². The second-order valence-electron chi connectivity index (χ2n) is 5.88. The zero-order valence-electron chi connectivity index (χ0n) is 14.5. The van der Waals surface area contributed by atoms with Gasteiger partial charge in [-0.3, -0.25) is 14.7 Å². The Morgan fingerprint density at radius 3 is 2.71 bits per heavy atom. The van der Waals surface area contributed by atoms with Crippen LogP contribution in [0.1, 0.15) is 26.2 Å². The molecule has 1 rings (SSSR count). The number of hydrogen-bond donors (Lipinski definition) is 2. The number of guanidine groups is 1. The normalized spacial score (nSPS) is 16.2. The molecule has 0 aromatic heterocycles. The van der Waals surface area contributed by atoms with Crippen molar-refractivity contribution in [2.75, 3.05) is 52.9 Å². The molecule has 1 aliphatic heterocycles. The first-order valence-electron chi connectivity index (χ1n) is 8.37. The number of carbonyl (C=O) groups excluding carboxylic acids is 1. The van der Waals surface area contributed by atoms with Crippen molar-refractivity contribution in [3.05, 3.63) is 0 Å². The summed E-state index contributed by atoms with van der Waals surface area (Å²) in [6.07, 6.45) is -1.84. The van der Waals surface area contributed by atoms with Gasteiger partial charge in [-0.05, 0) is 26.8 Å². The van der Waals surface area contributed by atoms with E-state index in [1.807, 2.05) is 11.8 Å². The van der Waals surface area contributed by atoms with Crippen LogP contribution in [-0.4, -0.2) is 80.7 Å². The van der Waals surface area contributed by atoms with E-state index >= 15 is 0 Å². The van der Waals surface area contributed by atoms with E-state index in [1.165, 1.54) is 11.9 Å². The molecule has 0 aromatic rings. The van der Waals surface area contributed by atoms with Crippen LogP contribution in [0.25, 0.3) is 0 Å². The van der Waals surface area contributed by atoms with E-state index < -0.39 is 12.7 Å². The second kappa shape index (κ2) is 10.4. The van der Waals surface area contributed by atoms with E-state index in [4.69, 9.17) is 0 Å². The SMILES string of the molecule is CCNC(=NCCCN1CCCC1=O)NCCN(C)CC(F)(F)F. The largest absolute Gasteiger partial charge is 0.401 e. The van der Waals surface area contributed by atoms with Crippen molar-refractivity contribution in [3.8, 4) is 0 Å². The lowest BCUT2D eigenvalue weighted by atomic mass is 10.4. The number of halogens is 3. The molecule has 0 atom stereocenters. The third-order valence-corrected chi connectivity index (χ3v) is 3.61. The van der Waals surface area contributed by atoms with Crippen LogP contribution in [0.2, 0.25) is 0 Å². The van der Waals surface area contributed by atoms with Crippen LogP contribution in [0.15, 0.2) is 4.99 Å². The van der Waals surface area contributed by atoms with E-state index in [0.29, 0.717) is 38.6 Å². The Hall–Kier alpha value is -1.51. The van der Waals surface area contributed by atoms with Crippen LogP contribution >= 0.6 is 0 Å². The standard InChI is InChI=1S/C15H28F3N5O/c1-3-19-14(21-8-11-22(2)12-15(16,17)18)20-7-5-10-23-9-4-6-13(23)24/h3-12H2,1-2H3,(H2,19,20,21). The van der Waals surface area contributed by atoms with Crippen LogP contribution in [0, 0.1) is 0 Å². The average Bonchev–Trinajstić information content (AvgIpc) is 2.87. The molecule has 1 saturated heterocycles. The molecule has 2 N–H and O–H groups in total. The Labute approximate surface area is 141 Å². The van der Waals surface area contributed by atoms with Gasteiger partial charge in [0.15, 0.2) is 5.96 Å². The van der Waals surface area contributed by atoms with Gasteiger partial charge < -0.3 is 15.5 Å². The molecule has 140 valence electrons. The molecule has 1 heterocycles. The van der Waals surface area contributed by atoms with Gasteiger partial charge in [-0.2, -0.15) is 13.2 Å². The van der Waals surface area contributed by atoms with Gasteiger partial charge in [0.25, 0.3) is 0 Å². The zero-order chi connectivity index (χ0) is 18.0. The van der Waals surface area contributed by atoms with E-state index in [1.54, 1.807) is 0 Å². The van der Waals surface area contributed by atoms with Gasteiger partial charge in [0, 0.05) is 45.7 Å². The molecule has 0 aliphatic carbocycles. The summed E-state index contributed by atoms with van der Waals surface area (Å²) in [5.41, 5.74) is 0. The van der Waals surface area contributed by atoms with E-state index in [-0.39, 0.29) is 12.5 Å². The van der Waals surface area contributed by atoms with Crippen molar-refractivity contribution in [1.29, 1.82) is 0 Å². The van der Waals surface area contributed by atoms with Gasteiger partial charge in [-0.1, -0.05) is 0 Å². The number of alkyl halides is 3. The average molecular weight is 351 g/mol. The van der Waals surface area contributed by atoms with Gasteiger partial charge in [0.05, 0.1) is 6.54 Å². The lowest BCUT2D eigenvalue weighted by molar-refractivity contribution is -0.142. The predicted octanol–water partition coefficient (Wildman–Crippen LogP) is 1.05. The number of aliphatic imine (C=N–C) groups is 1. The van der Waals surface area contributed by atoms with Crippen molar-refractivity contribution in [2.24, 2.45) is 4.99 Å². The molecule has 1 fully saturated rings. The maximum atomic E-state index is 12.2. The molecular formula is C15H28F3N5O. The number of nitrogens with zero attached hydrogens (tertiary/aromatic N) is 3. The van der Waals surface area contributed by atoms with Gasteiger partial charge in [0.1, 0.15) is 0 Å². The summed E-state index contributed by atoms with van der Waals surface area (Å²) >= 11 is 0. The van der Waals surface area contributed by atoms with Crippen LogP contribution < -0.4 is 10.6 Å². The van der Waals surface area contributed by atoms with Gasteiger partial charge in [-0.25, -0.2) is 0 Å². The van der Waals surface area contributed by atoms with Crippen LogP contribution in [0.4, 0.5) is 13.2 Å². The fourth-order valence-electron chi connectivity index (χ4n) is 2.48. The highest BCUT2D eigenvalue weighted by atomic mass is 19.4. The highest BCUT2D eigenvalue weighted by Crippen LogP contribution is 2.15. The lowest BCUT2D eigenvalue weighted by Crippen LogP contribution is -2.42.